The maximum absolute atomic E-state index is 11.4. The zero-order chi connectivity index (χ0) is 14.7. The van der Waals surface area contributed by atoms with Crippen molar-refractivity contribution >= 4 is 34.6 Å². The highest BCUT2D eigenvalue weighted by Gasteiger charge is 2.22. The quantitative estimate of drug-likeness (QED) is 0.572. The number of carbonyl (C=O) groups excluding carboxylic acids is 2. The number of carbonyl (C=O) groups is 2. The Morgan fingerprint density at radius 3 is 2.48 bits per heavy atom. The summed E-state index contributed by atoms with van der Waals surface area (Å²) in [6.07, 6.45) is 7.95. The van der Waals surface area contributed by atoms with Gasteiger partial charge in [0, 0.05) is 23.6 Å². The Bertz CT molecular complexity index is 615. The highest BCUT2D eigenvalue weighted by molar-refractivity contribution is 8.08. The number of imide groups is 1. The van der Waals surface area contributed by atoms with E-state index in [0.29, 0.717) is 6.54 Å². The molecule has 0 aromatic heterocycles. The Morgan fingerprint density at radius 1 is 0.952 bits per heavy atom. The summed E-state index contributed by atoms with van der Waals surface area (Å²) in [4.78, 5) is 25.4. The highest BCUT2D eigenvalue weighted by atomic mass is 32.2. The Hall–Kier alpha value is -1.81. The molecule has 3 nitrogen and oxygen atoms in total. The van der Waals surface area contributed by atoms with Gasteiger partial charge in [-0.2, -0.15) is 0 Å². The van der Waals surface area contributed by atoms with Crippen LogP contribution in [0.15, 0.2) is 36.4 Å². The average Bonchev–Trinajstić information content (AvgIpc) is 2.78. The second-order valence-electron chi connectivity index (χ2n) is 5.17. The number of hydrogen-bond donors (Lipinski definition) is 0. The second-order valence-corrected chi connectivity index (χ2v) is 6.30. The normalized spacial score (nSPS) is 16.0. The lowest BCUT2D eigenvalue weighted by Gasteiger charge is -2.19. The molecule has 1 aromatic rings. The van der Waals surface area contributed by atoms with Gasteiger partial charge in [0.15, 0.2) is 0 Å². The molecule has 4 heteroatoms. The van der Waals surface area contributed by atoms with Crippen molar-refractivity contribution in [2.75, 3.05) is 12.3 Å². The maximum Gasteiger partial charge on any atom is 0.253 e. The molecule has 0 fully saturated rings. The number of hydrogen-bond acceptors (Lipinski definition) is 3. The summed E-state index contributed by atoms with van der Waals surface area (Å²) in [5.41, 5.74) is 2.69. The summed E-state index contributed by atoms with van der Waals surface area (Å²) in [7, 11) is 0. The summed E-state index contributed by atoms with van der Waals surface area (Å²) in [5.74, 6) is 0.733. The third-order valence-corrected chi connectivity index (χ3v) is 4.84. The van der Waals surface area contributed by atoms with Gasteiger partial charge < -0.3 is 0 Å². The fraction of sp³-hybridized carbons (Fsp3) is 0.294. The van der Waals surface area contributed by atoms with Gasteiger partial charge in [-0.3, -0.25) is 14.5 Å². The molecular formula is C17H17NO2S. The van der Waals surface area contributed by atoms with Gasteiger partial charge in [-0.15, -0.1) is 11.8 Å². The Balaban J connectivity index is 1.30. The van der Waals surface area contributed by atoms with Crippen molar-refractivity contribution in [3.05, 3.63) is 47.5 Å². The van der Waals surface area contributed by atoms with Crippen LogP contribution in [0.25, 0.3) is 11.0 Å². The molecule has 1 aliphatic carbocycles. The minimum Gasteiger partial charge on any atom is -0.275 e. The molecule has 1 heterocycles. The SMILES string of the molecule is O=C1C=CC(=O)N1CCCCCSC1=Cc2ccccc21. The van der Waals surface area contributed by atoms with Crippen LogP contribution in [0.1, 0.15) is 30.4 Å². The highest BCUT2D eigenvalue weighted by Crippen LogP contribution is 2.40. The van der Waals surface area contributed by atoms with Crippen molar-refractivity contribution in [2.24, 2.45) is 0 Å². The van der Waals surface area contributed by atoms with Gasteiger partial charge in [0.2, 0.25) is 0 Å². The van der Waals surface area contributed by atoms with E-state index in [4.69, 9.17) is 0 Å². The fourth-order valence-corrected chi connectivity index (χ4v) is 3.61. The first-order valence-electron chi connectivity index (χ1n) is 7.23. The molecule has 0 unspecified atom stereocenters. The topological polar surface area (TPSA) is 37.4 Å². The average molecular weight is 299 g/mol. The molecule has 0 radical (unpaired) electrons. The van der Waals surface area contributed by atoms with Crippen LogP contribution < -0.4 is 0 Å². The standard InChI is InChI=1S/C17H17NO2S/c19-16-8-9-17(20)18(16)10-4-1-5-11-21-15-12-13-6-2-3-7-14(13)15/h2-3,6-9,12H,1,4-5,10-11H2. The molecule has 2 aliphatic rings. The number of nitrogens with zero attached hydrogens (tertiary/aromatic N) is 1. The molecule has 0 bridgehead atoms. The van der Waals surface area contributed by atoms with Crippen LogP contribution in [0, 0.1) is 0 Å². The number of amides is 2. The minimum atomic E-state index is -0.175. The predicted molar refractivity (Wildman–Crippen MR) is 86.5 cm³/mol. The molecule has 0 spiro atoms. The number of thioether (sulfide) groups is 1. The van der Waals surface area contributed by atoms with Crippen LogP contribution in [-0.2, 0) is 9.59 Å². The lowest BCUT2D eigenvalue weighted by Crippen LogP contribution is -2.30. The van der Waals surface area contributed by atoms with E-state index in [-0.39, 0.29) is 11.8 Å². The third kappa shape index (κ3) is 3.10. The molecule has 0 saturated heterocycles. The molecule has 2 amide bonds. The summed E-state index contributed by atoms with van der Waals surface area (Å²) in [6.45, 7) is 0.543. The molecule has 108 valence electrons. The molecule has 1 aliphatic heterocycles. The Kier molecular flexibility index (Phi) is 4.25. The molecule has 0 saturated carbocycles. The van der Waals surface area contributed by atoms with Gasteiger partial charge in [0.05, 0.1) is 0 Å². The smallest absolute Gasteiger partial charge is 0.253 e. The van der Waals surface area contributed by atoms with E-state index in [1.54, 1.807) is 0 Å². The monoisotopic (exact) mass is 299 g/mol. The van der Waals surface area contributed by atoms with Crippen molar-refractivity contribution < 1.29 is 9.59 Å². The summed E-state index contributed by atoms with van der Waals surface area (Å²) in [6, 6.07) is 8.43. The first kappa shape index (κ1) is 14.1. The first-order valence-corrected chi connectivity index (χ1v) is 8.22. The van der Waals surface area contributed by atoms with Crippen LogP contribution in [0.3, 0.4) is 0 Å². The van der Waals surface area contributed by atoms with E-state index in [9.17, 15) is 9.59 Å². The van der Waals surface area contributed by atoms with Gasteiger partial charge in [0.25, 0.3) is 11.8 Å². The van der Waals surface area contributed by atoms with Crippen molar-refractivity contribution in [1.82, 2.24) is 4.90 Å². The van der Waals surface area contributed by atoms with Crippen molar-refractivity contribution in [2.45, 2.75) is 19.3 Å². The van der Waals surface area contributed by atoms with Crippen LogP contribution in [-0.4, -0.2) is 29.0 Å². The Labute approximate surface area is 128 Å². The third-order valence-electron chi connectivity index (χ3n) is 3.70. The first-order chi connectivity index (χ1) is 10.3. The van der Waals surface area contributed by atoms with Crippen LogP contribution in [0.2, 0.25) is 0 Å². The Morgan fingerprint density at radius 2 is 1.71 bits per heavy atom. The second kappa shape index (κ2) is 6.31. The van der Waals surface area contributed by atoms with Crippen LogP contribution in [0.5, 0.6) is 0 Å². The van der Waals surface area contributed by atoms with Gasteiger partial charge in [-0.05, 0) is 35.8 Å². The zero-order valence-corrected chi connectivity index (χ0v) is 12.6. The molecule has 21 heavy (non-hydrogen) atoms. The minimum absolute atomic E-state index is 0.175. The largest absolute Gasteiger partial charge is 0.275 e. The van der Waals surface area contributed by atoms with Crippen molar-refractivity contribution in [3.8, 4) is 0 Å². The number of unbranched alkanes of at least 4 members (excludes halogenated alkanes) is 2. The number of fused-ring (bicyclic) bond motifs is 1. The predicted octanol–water partition coefficient (Wildman–Crippen LogP) is 3.33. The lowest BCUT2D eigenvalue weighted by atomic mass is 9.98. The van der Waals surface area contributed by atoms with Crippen molar-refractivity contribution in [1.29, 1.82) is 0 Å². The molecular weight excluding hydrogens is 282 g/mol. The van der Waals surface area contributed by atoms with Crippen LogP contribution >= 0.6 is 11.8 Å². The fourth-order valence-electron chi connectivity index (χ4n) is 2.49. The van der Waals surface area contributed by atoms with E-state index in [0.717, 1.165) is 25.0 Å². The summed E-state index contributed by atoms with van der Waals surface area (Å²) >= 11 is 1.89. The van der Waals surface area contributed by atoms with Gasteiger partial charge in [0.1, 0.15) is 0 Å². The summed E-state index contributed by atoms with van der Waals surface area (Å²) in [5, 5.41) is 0. The molecule has 1 aromatic carbocycles. The number of rotatable bonds is 7. The maximum atomic E-state index is 11.4. The molecule has 0 N–H and O–H groups in total. The van der Waals surface area contributed by atoms with E-state index >= 15 is 0 Å². The van der Waals surface area contributed by atoms with Gasteiger partial charge in [-0.25, -0.2) is 0 Å². The van der Waals surface area contributed by atoms with E-state index in [1.165, 1.54) is 33.1 Å². The molecule has 0 atom stereocenters. The van der Waals surface area contributed by atoms with E-state index in [2.05, 4.69) is 30.3 Å². The van der Waals surface area contributed by atoms with E-state index in [1.807, 2.05) is 11.8 Å². The summed E-state index contributed by atoms with van der Waals surface area (Å²) < 4.78 is 0. The van der Waals surface area contributed by atoms with Gasteiger partial charge >= 0.3 is 0 Å². The number of benzene rings is 1. The zero-order valence-electron chi connectivity index (χ0n) is 11.7. The van der Waals surface area contributed by atoms with Crippen molar-refractivity contribution in [3.63, 3.8) is 0 Å². The van der Waals surface area contributed by atoms with E-state index < -0.39 is 0 Å². The van der Waals surface area contributed by atoms with Crippen LogP contribution in [0.4, 0.5) is 0 Å². The van der Waals surface area contributed by atoms with Gasteiger partial charge in [-0.1, -0.05) is 30.7 Å². The molecule has 3 rings (SSSR count). The lowest BCUT2D eigenvalue weighted by molar-refractivity contribution is -0.136.